The number of rotatable bonds is 2. The van der Waals surface area contributed by atoms with Crippen molar-refractivity contribution in [2.75, 3.05) is 19.8 Å². The van der Waals surface area contributed by atoms with E-state index >= 15 is 0 Å². The molecule has 1 fully saturated rings. The van der Waals surface area contributed by atoms with Gasteiger partial charge in [0, 0.05) is 31.2 Å². The number of aromatic nitrogens is 3. The number of carbonyl (C=O) groups excluding carboxylic acids is 1. The topological polar surface area (TPSA) is 69.5 Å². The van der Waals surface area contributed by atoms with Crippen LogP contribution < -0.4 is 0 Å². The average Bonchev–Trinajstić information content (AvgIpc) is 3.35. The van der Waals surface area contributed by atoms with Gasteiger partial charge in [-0.25, -0.2) is 0 Å². The second-order valence-electron chi connectivity index (χ2n) is 7.70. The van der Waals surface area contributed by atoms with Crippen molar-refractivity contribution in [3.63, 3.8) is 0 Å². The van der Waals surface area contributed by atoms with E-state index in [1.165, 1.54) is 0 Å². The molecule has 0 radical (unpaired) electrons. The summed E-state index contributed by atoms with van der Waals surface area (Å²) in [6.45, 7) is 6.00. The van der Waals surface area contributed by atoms with Crippen molar-refractivity contribution in [3.8, 4) is 0 Å². The molecule has 2 aromatic rings. The third-order valence-corrected chi connectivity index (χ3v) is 5.93. The minimum atomic E-state index is 0.0612. The van der Waals surface area contributed by atoms with E-state index in [2.05, 4.69) is 21.7 Å². The molecule has 0 saturated carbocycles. The van der Waals surface area contributed by atoms with Crippen LogP contribution in [0.25, 0.3) is 0 Å². The summed E-state index contributed by atoms with van der Waals surface area (Å²) in [6.07, 6.45) is 1.98. The van der Waals surface area contributed by atoms with Crippen LogP contribution in [0.3, 0.4) is 0 Å². The van der Waals surface area contributed by atoms with Crippen molar-refractivity contribution < 1.29 is 14.3 Å². The molecule has 5 rings (SSSR count). The van der Waals surface area contributed by atoms with Crippen molar-refractivity contribution in [2.45, 2.75) is 51.5 Å². The molecule has 1 aromatic heterocycles. The van der Waals surface area contributed by atoms with Crippen LogP contribution in [0.2, 0.25) is 0 Å². The zero-order chi connectivity index (χ0) is 18.4. The summed E-state index contributed by atoms with van der Waals surface area (Å²) >= 11 is 0. The van der Waals surface area contributed by atoms with Crippen LogP contribution in [0.15, 0.2) is 18.2 Å². The zero-order valence-electron chi connectivity index (χ0n) is 15.6. The van der Waals surface area contributed by atoms with E-state index < -0.39 is 0 Å². The summed E-state index contributed by atoms with van der Waals surface area (Å²) < 4.78 is 13.3. The number of hydrogen-bond acceptors (Lipinski definition) is 5. The maximum atomic E-state index is 13.2. The number of carbonyl (C=O) groups is 1. The Kier molecular flexibility index (Phi) is 4.21. The van der Waals surface area contributed by atoms with Gasteiger partial charge in [-0.15, -0.1) is 10.2 Å². The van der Waals surface area contributed by atoms with E-state index in [0.717, 1.165) is 54.4 Å². The number of hydrogen-bond donors (Lipinski definition) is 0. The van der Waals surface area contributed by atoms with Gasteiger partial charge in [0.05, 0.1) is 25.8 Å². The van der Waals surface area contributed by atoms with Crippen molar-refractivity contribution in [1.82, 2.24) is 19.7 Å². The van der Waals surface area contributed by atoms with Crippen molar-refractivity contribution in [1.29, 1.82) is 0 Å². The zero-order valence-corrected chi connectivity index (χ0v) is 15.6. The number of amides is 1. The lowest BCUT2D eigenvalue weighted by Crippen LogP contribution is -2.41. The highest BCUT2D eigenvalue weighted by Crippen LogP contribution is 2.32. The second-order valence-corrected chi connectivity index (χ2v) is 7.70. The molecular weight excluding hydrogens is 344 g/mol. The Morgan fingerprint density at radius 2 is 2.00 bits per heavy atom. The Balaban J connectivity index is 1.41. The van der Waals surface area contributed by atoms with E-state index in [0.29, 0.717) is 32.2 Å². The maximum Gasteiger partial charge on any atom is 0.254 e. The second kappa shape index (κ2) is 6.73. The predicted octanol–water partition coefficient (Wildman–Crippen LogP) is 2.42. The fourth-order valence-corrected chi connectivity index (χ4v) is 4.52. The SMILES string of the molecule is C[C@H]1CN(C(=O)c2cccc3c2COC3)Cc2nnc(C3CCOCC3)n21. The minimum Gasteiger partial charge on any atom is -0.381 e. The Labute approximate surface area is 158 Å². The van der Waals surface area contributed by atoms with Crippen LogP contribution in [0, 0.1) is 0 Å². The van der Waals surface area contributed by atoms with Crippen LogP contribution in [-0.4, -0.2) is 45.3 Å². The first kappa shape index (κ1) is 16.9. The average molecular weight is 368 g/mol. The van der Waals surface area contributed by atoms with Gasteiger partial charge in [0.15, 0.2) is 5.82 Å². The highest BCUT2D eigenvalue weighted by molar-refractivity contribution is 5.96. The van der Waals surface area contributed by atoms with E-state index in [1.807, 2.05) is 23.1 Å². The normalized spacial score (nSPS) is 22.6. The van der Waals surface area contributed by atoms with Gasteiger partial charge < -0.3 is 18.9 Å². The van der Waals surface area contributed by atoms with Gasteiger partial charge in [0.25, 0.3) is 5.91 Å². The Morgan fingerprint density at radius 1 is 1.15 bits per heavy atom. The molecule has 3 aliphatic heterocycles. The fraction of sp³-hybridized carbons (Fsp3) is 0.550. The standard InChI is InChI=1S/C20H24N4O3/c1-13-9-23(20(25)16-4-2-3-15-11-27-12-17(15)16)10-18-21-22-19(24(13)18)14-5-7-26-8-6-14/h2-4,13-14H,5-12H2,1H3/t13-/m0/s1. The first-order valence-corrected chi connectivity index (χ1v) is 9.71. The molecule has 27 heavy (non-hydrogen) atoms. The highest BCUT2D eigenvalue weighted by Gasteiger charge is 2.33. The van der Waals surface area contributed by atoms with E-state index in [4.69, 9.17) is 9.47 Å². The van der Waals surface area contributed by atoms with Gasteiger partial charge >= 0.3 is 0 Å². The van der Waals surface area contributed by atoms with Crippen LogP contribution in [0.5, 0.6) is 0 Å². The van der Waals surface area contributed by atoms with Crippen LogP contribution >= 0.6 is 0 Å². The van der Waals surface area contributed by atoms with Crippen molar-refractivity contribution >= 4 is 5.91 Å². The smallest absolute Gasteiger partial charge is 0.254 e. The maximum absolute atomic E-state index is 13.2. The Morgan fingerprint density at radius 3 is 2.85 bits per heavy atom. The van der Waals surface area contributed by atoms with Gasteiger partial charge in [-0.05, 0) is 37.0 Å². The predicted molar refractivity (Wildman–Crippen MR) is 97.2 cm³/mol. The van der Waals surface area contributed by atoms with Gasteiger partial charge in [-0.1, -0.05) is 12.1 Å². The molecule has 0 unspecified atom stereocenters. The molecule has 1 amide bonds. The summed E-state index contributed by atoms with van der Waals surface area (Å²) in [5.74, 6) is 2.40. The summed E-state index contributed by atoms with van der Waals surface area (Å²) in [7, 11) is 0. The third-order valence-electron chi connectivity index (χ3n) is 5.93. The summed E-state index contributed by atoms with van der Waals surface area (Å²) in [5.41, 5.74) is 2.91. The molecule has 7 heteroatoms. The van der Waals surface area contributed by atoms with E-state index in [1.54, 1.807) is 0 Å². The number of benzene rings is 1. The Hall–Kier alpha value is -2.25. The number of fused-ring (bicyclic) bond motifs is 2. The first-order valence-electron chi connectivity index (χ1n) is 9.71. The summed E-state index contributed by atoms with van der Waals surface area (Å²) in [5, 5.41) is 8.93. The number of nitrogens with zero attached hydrogens (tertiary/aromatic N) is 4. The molecule has 3 aliphatic rings. The van der Waals surface area contributed by atoms with Gasteiger partial charge in [-0.3, -0.25) is 4.79 Å². The lowest BCUT2D eigenvalue weighted by molar-refractivity contribution is 0.0665. The molecule has 0 aliphatic carbocycles. The molecule has 7 nitrogen and oxygen atoms in total. The van der Waals surface area contributed by atoms with Gasteiger partial charge in [0.2, 0.25) is 0 Å². The molecule has 0 bridgehead atoms. The Bertz CT molecular complexity index is 872. The van der Waals surface area contributed by atoms with Crippen LogP contribution in [0.1, 0.15) is 64.9 Å². The largest absolute Gasteiger partial charge is 0.381 e. The summed E-state index contributed by atoms with van der Waals surface area (Å²) in [6, 6.07) is 6.06. The lowest BCUT2D eigenvalue weighted by Gasteiger charge is -2.34. The van der Waals surface area contributed by atoms with E-state index in [9.17, 15) is 4.79 Å². The number of ether oxygens (including phenoxy) is 2. The molecule has 1 saturated heterocycles. The lowest BCUT2D eigenvalue weighted by atomic mass is 9.98. The van der Waals surface area contributed by atoms with E-state index in [-0.39, 0.29) is 11.9 Å². The molecule has 1 aromatic carbocycles. The quantitative estimate of drug-likeness (QED) is 0.814. The minimum absolute atomic E-state index is 0.0612. The van der Waals surface area contributed by atoms with Gasteiger partial charge in [-0.2, -0.15) is 0 Å². The molecule has 142 valence electrons. The monoisotopic (exact) mass is 368 g/mol. The molecule has 0 N–H and O–H groups in total. The van der Waals surface area contributed by atoms with Crippen molar-refractivity contribution in [3.05, 3.63) is 46.5 Å². The molecular formula is C20H24N4O3. The fourth-order valence-electron chi connectivity index (χ4n) is 4.52. The molecule has 0 spiro atoms. The van der Waals surface area contributed by atoms with Crippen LogP contribution in [0.4, 0.5) is 0 Å². The molecule has 1 atom stereocenters. The highest BCUT2D eigenvalue weighted by atomic mass is 16.5. The van der Waals surface area contributed by atoms with Crippen LogP contribution in [-0.2, 0) is 29.2 Å². The molecule has 4 heterocycles. The third kappa shape index (κ3) is 2.85. The van der Waals surface area contributed by atoms with Gasteiger partial charge in [0.1, 0.15) is 5.82 Å². The first-order chi connectivity index (χ1) is 13.2. The summed E-state index contributed by atoms with van der Waals surface area (Å²) in [4.78, 5) is 15.1. The van der Waals surface area contributed by atoms with Crippen molar-refractivity contribution in [2.24, 2.45) is 0 Å².